The van der Waals surface area contributed by atoms with Crippen LogP contribution in [0.1, 0.15) is 52.0 Å². The van der Waals surface area contributed by atoms with Crippen LogP contribution in [0.5, 0.6) is 0 Å². The van der Waals surface area contributed by atoms with Crippen molar-refractivity contribution in [2.75, 3.05) is 13.1 Å². The van der Waals surface area contributed by atoms with Gasteiger partial charge >= 0.3 is 0 Å². The van der Waals surface area contributed by atoms with Gasteiger partial charge < -0.3 is 10.6 Å². The summed E-state index contributed by atoms with van der Waals surface area (Å²) in [6.07, 6.45) is 3.72. The van der Waals surface area contributed by atoms with Crippen molar-refractivity contribution < 1.29 is 18.0 Å². The van der Waals surface area contributed by atoms with Crippen molar-refractivity contribution in [2.45, 2.75) is 43.2 Å². The maximum Gasteiger partial charge on any atom is 0.253 e. The SMILES string of the molecule is O=C(NC1CC1)c1ccc(CNC(=O)c2cc(S(=O)(=O)N3CCCC3)ccc2Cl)cc1. The number of nitrogens with one attached hydrogen (secondary N) is 2. The molecule has 0 spiro atoms. The molecule has 7 nitrogen and oxygen atoms in total. The molecule has 1 saturated heterocycles. The fourth-order valence-corrected chi connectivity index (χ4v) is 5.21. The second-order valence-electron chi connectivity index (χ2n) is 7.88. The van der Waals surface area contributed by atoms with E-state index < -0.39 is 15.9 Å². The van der Waals surface area contributed by atoms with Gasteiger partial charge in [-0.3, -0.25) is 9.59 Å². The van der Waals surface area contributed by atoms with E-state index in [1.54, 1.807) is 24.3 Å². The molecule has 1 aliphatic carbocycles. The number of carbonyl (C=O) groups excluding carboxylic acids is 2. The minimum atomic E-state index is -3.64. The zero-order valence-electron chi connectivity index (χ0n) is 16.9. The minimum Gasteiger partial charge on any atom is -0.349 e. The van der Waals surface area contributed by atoms with Crippen LogP contribution in [0, 0.1) is 0 Å². The van der Waals surface area contributed by atoms with E-state index in [-0.39, 0.29) is 27.9 Å². The van der Waals surface area contributed by atoms with Gasteiger partial charge in [-0.1, -0.05) is 23.7 Å². The Kier molecular flexibility index (Phi) is 6.31. The van der Waals surface area contributed by atoms with Crippen LogP contribution in [-0.4, -0.2) is 43.7 Å². The molecular weight excluding hydrogens is 438 g/mol. The molecule has 1 heterocycles. The molecule has 2 aliphatic rings. The van der Waals surface area contributed by atoms with Gasteiger partial charge in [0.25, 0.3) is 11.8 Å². The van der Waals surface area contributed by atoms with Crippen molar-refractivity contribution in [1.29, 1.82) is 0 Å². The van der Waals surface area contributed by atoms with Crippen molar-refractivity contribution in [3.8, 4) is 0 Å². The van der Waals surface area contributed by atoms with Crippen molar-refractivity contribution in [3.05, 3.63) is 64.2 Å². The highest BCUT2D eigenvalue weighted by Crippen LogP contribution is 2.25. The maximum atomic E-state index is 12.8. The third kappa shape index (κ3) is 5.08. The number of nitrogens with zero attached hydrogens (tertiary/aromatic N) is 1. The molecule has 31 heavy (non-hydrogen) atoms. The topological polar surface area (TPSA) is 95.6 Å². The molecular formula is C22H24ClN3O4S. The molecule has 0 radical (unpaired) electrons. The Bertz CT molecular complexity index is 1090. The van der Waals surface area contributed by atoms with E-state index in [1.165, 1.54) is 22.5 Å². The number of halogens is 1. The lowest BCUT2D eigenvalue weighted by molar-refractivity contribution is 0.0941. The van der Waals surface area contributed by atoms with Gasteiger partial charge in [0.1, 0.15) is 0 Å². The first kappa shape index (κ1) is 21.8. The summed E-state index contributed by atoms with van der Waals surface area (Å²) in [5, 5.41) is 5.88. The summed E-state index contributed by atoms with van der Waals surface area (Å²) in [6.45, 7) is 1.20. The number of rotatable bonds is 7. The van der Waals surface area contributed by atoms with Crippen LogP contribution in [0.2, 0.25) is 5.02 Å². The van der Waals surface area contributed by atoms with E-state index in [0.29, 0.717) is 24.7 Å². The summed E-state index contributed by atoms with van der Waals surface area (Å²) in [7, 11) is -3.64. The minimum absolute atomic E-state index is 0.0648. The summed E-state index contributed by atoms with van der Waals surface area (Å²) in [5.74, 6) is -0.556. The Morgan fingerprint density at radius 1 is 1.00 bits per heavy atom. The third-order valence-corrected chi connectivity index (χ3v) is 7.69. The summed E-state index contributed by atoms with van der Waals surface area (Å²) in [4.78, 5) is 24.8. The molecule has 2 N–H and O–H groups in total. The third-order valence-electron chi connectivity index (χ3n) is 5.47. The molecule has 0 bridgehead atoms. The maximum absolute atomic E-state index is 12.8. The van der Waals surface area contributed by atoms with E-state index in [4.69, 9.17) is 11.6 Å². The molecule has 0 aromatic heterocycles. The zero-order valence-corrected chi connectivity index (χ0v) is 18.5. The Labute approximate surface area is 186 Å². The largest absolute Gasteiger partial charge is 0.349 e. The second kappa shape index (κ2) is 8.98. The molecule has 4 rings (SSSR count). The quantitative estimate of drug-likeness (QED) is 0.662. The smallest absolute Gasteiger partial charge is 0.253 e. The van der Waals surface area contributed by atoms with Crippen molar-refractivity contribution in [3.63, 3.8) is 0 Å². The average molecular weight is 462 g/mol. The van der Waals surface area contributed by atoms with E-state index in [0.717, 1.165) is 31.2 Å². The van der Waals surface area contributed by atoms with E-state index >= 15 is 0 Å². The number of benzene rings is 2. The first-order valence-corrected chi connectivity index (χ1v) is 12.1. The Hall–Kier alpha value is -2.42. The number of amides is 2. The van der Waals surface area contributed by atoms with Crippen LogP contribution in [0.25, 0.3) is 0 Å². The molecule has 1 aliphatic heterocycles. The van der Waals surface area contributed by atoms with E-state index in [9.17, 15) is 18.0 Å². The summed E-state index contributed by atoms with van der Waals surface area (Å²) in [6, 6.07) is 11.5. The highest BCUT2D eigenvalue weighted by Gasteiger charge is 2.28. The molecule has 2 aromatic carbocycles. The fraction of sp³-hybridized carbons (Fsp3) is 0.364. The van der Waals surface area contributed by atoms with Crippen molar-refractivity contribution in [1.82, 2.24) is 14.9 Å². The lowest BCUT2D eigenvalue weighted by Gasteiger charge is -2.16. The standard InChI is InChI=1S/C22H24ClN3O4S/c23-20-10-9-18(31(29,30)26-11-1-2-12-26)13-19(20)22(28)24-14-15-3-5-16(6-4-15)21(27)25-17-7-8-17/h3-6,9-10,13,17H,1-2,7-8,11-12,14H2,(H,24,28)(H,25,27). The molecule has 0 atom stereocenters. The van der Waals surface area contributed by atoms with Gasteiger partial charge in [0.2, 0.25) is 10.0 Å². The fourth-order valence-electron chi connectivity index (χ4n) is 3.46. The number of carbonyl (C=O) groups is 2. The first-order valence-electron chi connectivity index (χ1n) is 10.3. The van der Waals surface area contributed by atoms with Gasteiger partial charge in [0, 0.05) is 31.2 Å². The first-order chi connectivity index (χ1) is 14.8. The monoisotopic (exact) mass is 461 g/mol. The van der Waals surface area contributed by atoms with Crippen molar-refractivity contribution in [2.24, 2.45) is 0 Å². The molecule has 2 amide bonds. The van der Waals surface area contributed by atoms with Crippen LogP contribution < -0.4 is 10.6 Å². The van der Waals surface area contributed by atoms with Gasteiger partial charge in [-0.25, -0.2) is 8.42 Å². The lowest BCUT2D eigenvalue weighted by atomic mass is 10.1. The predicted molar refractivity (Wildman–Crippen MR) is 118 cm³/mol. The lowest BCUT2D eigenvalue weighted by Crippen LogP contribution is -2.28. The number of hydrogen-bond acceptors (Lipinski definition) is 4. The molecule has 2 aromatic rings. The second-order valence-corrected chi connectivity index (χ2v) is 10.2. The van der Waals surface area contributed by atoms with Gasteiger partial charge in [0.05, 0.1) is 15.5 Å². The van der Waals surface area contributed by atoms with Crippen LogP contribution in [-0.2, 0) is 16.6 Å². The van der Waals surface area contributed by atoms with Crippen LogP contribution in [0.3, 0.4) is 0 Å². The molecule has 0 unspecified atom stereocenters. The molecule has 164 valence electrons. The van der Waals surface area contributed by atoms with Crippen LogP contribution in [0.15, 0.2) is 47.4 Å². The number of sulfonamides is 1. The zero-order chi connectivity index (χ0) is 22.0. The van der Waals surface area contributed by atoms with Gasteiger partial charge in [-0.15, -0.1) is 0 Å². The summed E-state index contributed by atoms with van der Waals surface area (Å²) < 4.78 is 27.0. The molecule has 1 saturated carbocycles. The summed E-state index contributed by atoms with van der Waals surface area (Å²) in [5.41, 5.74) is 1.50. The Morgan fingerprint density at radius 2 is 1.68 bits per heavy atom. The Balaban J connectivity index is 1.41. The van der Waals surface area contributed by atoms with Crippen molar-refractivity contribution >= 4 is 33.4 Å². The van der Waals surface area contributed by atoms with Crippen LogP contribution >= 0.6 is 11.6 Å². The van der Waals surface area contributed by atoms with Gasteiger partial charge in [0.15, 0.2) is 0 Å². The molecule has 9 heteroatoms. The number of hydrogen-bond donors (Lipinski definition) is 2. The van der Waals surface area contributed by atoms with Crippen LogP contribution in [0.4, 0.5) is 0 Å². The Morgan fingerprint density at radius 3 is 2.32 bits per heavy atom. The highest BCUT2D eigenvalue weighted by molar-refractivity contribution is 7.89. The highest BCUT2D eigenvalue weighted by atomic mass is 35.5. The van der Waals surface area contributed by atoms with E-state index in [2.05, 4.69) is 10.6 Å². The predicted octanol–water partition coefficient (Wildman–Crippen LogP) is 2.95. The molecule has 2 fully saturated rings. The van der Waals surface area contributed by atoms with E-state index in [1.807, 2.05) is 0 Å². The normalized spacial score (nSPS) is 16.8. The van der Waals surface area contributed by atoms with Gasteiger partial charge in [-0.2, -0.15) is 4.31 Å². The summed E-state index contributed by atoms with van der Waals surface area (Å²) >= 11 is 6.17. The average Bonchev–Trinajstić information content (AvgIpc) is 3.39. The van der Waals surface area contributed by atoms with Gasteiger partial charge in [-0.05, 0) is 61.6 Å².